The summed E-state index contributed by atoms with van der Waals surface area (Å²) in [5, 5.41) is 0.424. The second-order valence-corrected chi connectivity index (χ2v) is 7.80. The minimum absolute atomic E-state index is 0.193. The smallest absolute Gasteiger partial charge is 0.271 e. The normalized spacial score (nSPS) is 10.8. The summed E-state index contributed by atoms with van der Waals surface area (Å²) in [5.41, 5.74) is 6.21. The third-order valence-electron chi connectivity index (χ3n) is 2.53. The Morgan fingerprint density at radius 3 is 2.71 bits per heavy atom. The minimum Gasteiger partial charge on any atom is -0.320 e. The van der Waals surface area contributed by atoms with Crippen molar-refractivity contribution in [3.63, 3.8) is 0 Å². The van der Waals surface area contributed by atoms with Crippen molar-refractivity contribution < 1.29 is 8.42 Å². The van der Waals surface area contributed by atoms with Crippen LogP contribution in [0.5, 0.6) is 0 Å². The van der Waals surface area contributed by atoms with E-state index in [1.165, 1.54) is 17.4 Å². The molecule has 110 valence electrons. The molecule has 7 heteroatoms. The summed E-state index contributed by atoms with van der Waals surface area (Å²) in [4.78, 5) is 0.921. The molecule has 21 heavy (non-hydrogen) atoms. The Bertz CT molecular complexity index is 817. The summed E-state index contributed by atoms with van der Waals surface area (Å²) in [7, 11) is -3.65. The monoisotopic (exact) mass is 340 g/mol. The Morgan fingerprint density at radius 1 is 1.33 bits per heavy atom. The van der Waals surface area contributed by atoms with Crippen LogP contribution in [0.1, 0.15) is 10.4 Å². The van der Waals surface area contributed by atoms with Crippen LogP contribution in [0.4, 0.5) is 5.69 Å². The maximum absolute atomic E-state index is 12.3. The minimum atomic E-state index is -3.65. The van der Waals surface area contributed by atoms with Gasteiger partial charge in [0.15, 0.2) is 0 Å². The van der Waals surface area contributed by atoms with E-state index >= 15 is 0 Å². The molecule has 4 nitrogen and oxygen atoms in total. The van der Waals surface area contributed by atoms with E-state index in [1.807, 2.05) is 6.92 Å². The molecule has 0 unspecified atom stereocenters. The lowest BCUT2D eigenvalue weighted by atomic mass is 10.2. The number of anilines is 1. The first kappa shape index (κ1) is 15.9. The Labute approximate surface area is 133 Å². The van der Waals surface area contributed by atoms with Gasteiger partial charge >= 0.3 is 0 Å². The SMILES string of the molecule is Cc1ccc(S(=O)(=O)Nc2cc(Cl)ccc2C#CCN)s1. The van der Waals surface area contributed by atoms with Gasteiger partial charge < -0.3 is 5.73 Å². The fraction of sp³-hybridized carbons (Fsp3) is 0.143. The molecule has 0 saturated heterocycles. The van der Waals surface area contributed by atoms with Gasteiger partial charge in [-0.3, -0.25) is 4.72 Å². The highest BCUT2D eigenvalue weighted by Gasteiger charge is 2.17. The zero-order valence-electron chi connectivity index (χ0n) is 11.2. The molecular weight excluding hydrogens is 328 g/mol. The number of nitrogens with one attached hydrogen (secondary N) is 1. The molecule has 0 atom stereocenters. The molecule has 1 aromatic carbocycles. The zero-order chi connectivity index (χ0) is 15.5. The summed E-state index contributed by atoms with van der Waals surface area (Å²) in [6.45, 7) is 2.04. The lowest BCUT2D eigenvalue weighted by Crippen LogP contribution is -2.12. The highest BCUT2D eigenvalue weighted by atomic mass is 35.5. The Hall–Kier alpha value is -1.52. The maximum atomic E-state index is 12.3. The first-order valence-corrected chi connectivity index (χ1v) is 8.68. The van der Waals surface area contributed by atoms with Crippen molar-refractivity contribution in [3.8, 4) is 11.8 Å². The molecule has 2 rings (SSSR count). The quantitative estimate of drug-likeness (QED) is 0.844. The van der Waals surface area contributed by atoms with Crippen molar-refractivity contribution >= 4 is 38.6 Å². The Balaban J connectivity index is 2.41. The van der Waals surface area contributed by atoms with Gasteiger partial charge in [0.1, 0.15) is 4.21 Å². The van der Waals surface area contributed by atoms with Crippen LogP contribution >= 0.6 is 22.9 Å². The molecule has 0 aliphatic rings. The largest absolute Gasteiger partial charge is 0.320 e. The molecule has 3 N–H and O–H groups in total. The molecule has 1 aromatic heterocycles. The average molecular weight is 341 g/mol. The van der Waals surface area contributed by atoms with Crippen LogP contribution in [-0.2, 0) is 10.0 Å². The highest BCUT2D eigenvalue weighted by molar-refractivity contribution is 7.94. The lowest BCUT2D eigenvalue weighted by Gasteiger charge is -2.09. The Kier molecular flexibility index (Phi) is 4.91. The van der Waals surface area contributed by atoms with Crippen molar-refractivity contribution in [1.82, 2.24) is 0 Å². The van der Waals surface area contributed by atoms with E-state index < -0.39 is 10.0 Å². The van der Waals surface area contributed by atoms with E-state index in [0.29, 0.717) is 16.3 Å². The molecule has 0 aliphatic heterocycles. The van der Waals surface area contributed by atoms with E-state index in [9.17, 15) is 8.42 Å². The molecular formula is C14H13ClN2O2S2. The van der Waals surface area contributed by atoms with Crippen molar-refractivity contribution in [2.75, 3.05) is 11.3 Å². The van der Waals surface area contributed by atoms with Crippen molar-refractivity contribution in [1.29, 1.82) is 0 Å². The van der Waals surface area contributed by atoms with E-state index in [1.54, 1.807) is 24.3 Å². The van der Waals surface area contributed by atoms with Crippen LogP contribution < -0.4 is 10.5 Å². The summed E-state index contributed by atoms with van der Waals surface area (Å²) < 4.78 is 27.4. The molecule has 0 aliphatic carbocycles. The van der Waals surface area contributed by atoms with Crippen LogP contribution in [0.25, 0.3) is 0 Å². The summed E-state index contributed by atoms with van der Waals surface area (Å²) in [5.74, 6) is 5.52. The van der Waals surface area contributed by atoms with Crippen LogP contribution in [0.3, 0.4) is 0 Å². The van der Waals surface area contributed by atoms with Crippen molar-refractivity contribution in [2.24, 2.45) is 5.73 Å². The second-order valence-electron chi connectivity index (χ2n) is 4.17. The third kappa shape index (κ3) is 3.99. The van der Waals surface area contributed by atoms with Gasteiger partial charge in [-0.15, -0.1) is 11.3 Å². The van der Waals surface area contributed by atoms with Gasteiger partial charge in [0.05, 0.1) is 12.2 Å². The first-order chi connectivity index (χ1) is 9.92. The molecule has 1 heterocycles. The van der Waals surface area contributed by atoms with Crippen molar-refractivity contribution in [3.05, 3.63) is 45.8 Å². The van der Waals surface area contributed by atoms with Gasteiger partial charge in [0, 0.05) is 15.5 Å². The lowest BCUT2D eigenvalue weighted by molar-refractivity contribution is 0.603. The van der Waals surface area contributed by atoms with Crippen molar-refractivity contribution in [2.45, 2.75) is 11.1 Å². The molecule has 0 spiro atoms. The van der Waals surface area contributed by atoms with Gasteiger partial charge in [0.2, 0.25) is 0 Å². The number of thiophene rings is 1. The molecule has 0 radical (unpaired) electrons. The molecule has 0 fully saturated rings. The van der Waals surface area contributed by atoms with Gasteiger partial charge in [-0.05, 0) is 37.3 Å². The number of aryl methyl sites for hydroxylation is 1. The fourth-order valence-electron chi connectivity index (χ4n) is 1.61. The van der Waals surface area contributed by atoms with E-state index in [4.69, 9.17) is 17.3 Å². The second kappa shape index (κ2) is 6.50. The number of benzene rings is 1. The van der Waals surface area contributed by atoms with Crippen LogP contribution in [0, 0.1) is 18.8 Å². The Morgan fingerprint density at radius 2 is 2.10 bits per heavy atom. The molecule has 0 bridgehead atoms. The first-order valence-electron chi connectivity index (χ1n) is 6.00. The highest BCUT2D eigenvalue weighted by Crippen LogP contribution is 2.26. The summed E-state index contributed by atoms with van der Waals surface area (Å²) >= 11 is 7.13. The molecule has 0 saturated carbocycles. The zero-order valence-corrected chi connectivity index (χ0v) is 13.6. The number of rotatable bonds is 3. The third-order valence-corrected chi connectivity index (χ3v) is 5.62. The average Bonchev–Trinajstić information content (AvgIpc) is 2.85. The number of hydrogen-bond donors (Lipinski definition) is 2. The number of nitrogens with two attached hydrogens (primary N) is 1. The fourth-order valence-corrected chi connectivity index (χ4v) is 4.13. The van der Waals surface area contributed by atoms with Gasteiger partial charge in [-0.25, -0.2) is 8.42 Å². The van der Waals surface area contributed by atoms with E-state index in [-0.39, 0.29) is 10.8 Å². The number of hydrogen-bond acceptors (Lipinski definition) is 4. The number of sulfonamides is 1. The van der Waals surface area contributed by atoms with Gasteiger partial charge in [-0.1, -0.05) is 23.4 Å². The predicted octanol–water partition coefficient (Wildman–Crippen LogP) is 2.82. The molecule has 0 amide bonds. The summed E-state index contributed by atoms with van der Waals surface area (Å²) in [6.07, 6.45) is 0. The molecule has 2 aromatic rings. The topological polar surface area (TPSA) is 72.2 Å². The predicted molar refractivity (Wildman–Crippen MR) is 87.2 cm³/mol. The van der Waals surface area contributed by atoms with E-state index in [2.05, 4.69) is 16.6 Å². The summed E-state index contributed by atoms with van der Waals surface area (Å²) in [6, 6.07) is 8.16. The van der Waals surface area contributed by atoms with Crippen LogP contribution in [0.15, 0.2) is 34.5 Å². The van der Waals surface area contributed by atoms with E-state index in [0.717, 1.165) is 4.88 Å². The van der Waals surface area contributed by atoms with Crippen LogP contribution in [-0.4, -0.2) is 15.0 Å². The van der Waals surface area contributed by atoms with Gasteiger partial charge in [0.25, 0.3) is 10.0 Å². The number of halogens is 1. The van der Waals surface area contributed by atoms with Gasteiger partial charge in [-0.2, -0.15) is 0 Å². The van der Waals surface area contributed by atoms with Crippen LogP contribution in [0.2, 0.25) is 5.02 Å². The standard InChI is InChI=1S/C14H13ClN2O2S2/c1-10-4-7-14(20-10)21(18,19)17-13-9-12(15)6-5-11(13)3-2-8-16/h4-7,9,17H,8,16H2,1H3. The maximum Gasteiger partial charge on any atom is 0.271 e.